The van der Waals surface area contributed by atoms with Crippen LogP contribution in [0.5, 0.6) is 23.0 Å². The van der Waals surface area contributed by atoms with Crippen LogP contribution in [0.4, 0.5) is 0 Å². The van der Waals surface area contributed by atoms with Gasteiger partial charge in [0.25, 0.3) is 5.91 Å². The van der Waals surface area contributed by atoms with Gasteiger partial charge in [-0.05, 0) is 60.9 Å². The van der Waals surface area contributed by atoms with Crippen molar-refractivity contribution in [1.29, 1.82) is 0 Å². The van der Waals surface area contributed by atoms with Crippen LogP contribution in [-0.4, -0.2) is 37.2 Å². The number of carboxylic acids is 1. The van der Waals surface area contributed by atoms with E-state index in [1.165, 1.54) is 0 Å². The summed E-state index contributed by atoms with van der Waals surface area (Å²) in [6, 6.07) is 17.6. The molecular weight excluding hydrogens is 458 g/mol. The van der Waals surface area contributed by atoms with E-state index < -0.39 is 11.9 Å². The molecule has 8 heteroatoms. The maximum absolute atomic E-state index is 12.5. The highest BCUT2D eigenvalue weighted by atomic mass is 35.5. The maximum atomic E-state index is 12.5. The summed E-state index contributed by atoms with van der Waals surface area (Å²) < 4.78 is 16.7. The van der Waals surface area contributed by atoms with E-state index in [1.807, 2.05) is 24.3 Å². The predicted molar refractivity (Wildman–Crippen MR) is 127 cm³/mol. The molecule has 0 bridgehead atoms. The van der Waals surface area contributed by atoms with Gasteiger partial charge in [0.1, 0.15) is 23.0 Å². The van der Waals surface area contributed by atoms with E-state index in [9.17, 15) is 14.7 Å². The molecule has 7 nitrogen and oxygen atoms in total. The summed E-state index contributed by atoms with van der Waals surface area (Å²) in [5.41, 5.74) is 2.11. The average Bonchev–Trinajstić information content (AvgIpc) is 2.84. The maximum Gasteiger partial charge on any atom is 0.311 e. The number of aliphatic carboxylic acids is 1. The summed E-state index contributed by atoms with van der Waals surface area (Å²) in [6.07, 6.45) is 1.08. The smallest absolute Gasteiger partial charge is 0.311 e. The van der Waals surface area contributed by atoms with Crippen molar-refractivity contribution in [2.75, 3.05) is 20.3 Å². The molecule has 34 heavy (non-hydrogen) atoms. The van der Waals surface area contributed by atoms with Gasteiger partial charge < -0.3 is 24.6 Å². The first-order chi connectivity index (χ1) is 16.4. The monoisotopic (exact) mass is 481 g/mol. The Balaban J connectivity index is 1.37. The van der Waals surface area contributed by atoms with E-state index in [0.717, 1.165) is 11.3 Å². The molecule has 0 spiro atoms. The third-order valence-corrected chi connectivity index (χ3v) is 5.87. The molecule has 0 saturated carbocycles. The molecular formula is C26H24ClNO6. The van der Waals surface area contributed by atoms with Gasteiger partial charge in [-0.2, -0.15) is 0 Å². The van der Waals surface area contributed by atoms with Gasteiger partial charge in [0.2, 0.25) is 0 Å². The number of rotatable bonds is 8. The number of nitrogens with one attached hydrogen (secondary N) is 1. The Morgan fingerprint density at radius 3 is 2.65 bits per heavy atom. The zero-order valence-corrected chi connectivity index (χ0v) is 19.3. The largest absolute Gasteiger partial charge is 0.497 e. The van der Waals surface area contributed by atoms with Gasteiger partial charge in [0.15, 0.2) is 0 Å². The van der Waals surface area contributed by atoms with Gasteiger partial charge in [-0.25, -0.2) is 0 Å². The Kier molecular flexibility index (Phi) is 7.23. The quantitative estimate of drug-likeness (QED) is 0.467. The molecule has 0 aromatic heterocycles. The van der Waals surface area contributed by atoms with Crippen LogP contribution in [0.2, 0.25) is 5.02 Å². The standard InChI is InChI=1S/C26H24ClNO6/c1-32-19-4-2-3-16(13-19)9-11-28-25(29)17-5-7-18(8-6-17)34-24-15-23-21(14-22(24)27)20(26(30)31)10-12-33-23/h2-8,13-15,20H,9-12H2,1H3,(H,28,29)(H,30,31). The summed E-state index contributed by atoms with van der Waals surface area (Å²) in [5, 5.41) is 12.6. The Bertz CT molecular complexity index is 1190. The SMILES string of the molecule is COc1cccc(CCNC(=O)c2ccc(Oc3cc4c(cc3Cl)C(C(=O)O)CCO4)cc2)c1. The second-order valence-corrected chi connectivity index (χ2v) is 8.24. The summed E-state index contributed by atoms with van der Waals surface area (Å²) in [7, 11) is 1.62. The third-order valence-electron chi connectivity index (χ3n) is 5.58. The van der Waals surface area contributed by atoms with Crippen LogP contribution in [-0.2, 0) is 11.2 Å². The summed E-state index contributed by atoms with van der Waals surface area (Å²) in [4.78, 5) is 24.0. The molecule has 0 saturated heterocycles. The van der Waals surface area contributed by atoms with E-state index >= 15 is 0 Å². The number of amides is 1. The lowest BCUT2D eigenvalue weighted by molar-refractivity contribution is -0.139. The molecule has 0 radical (unpaired) electrons. The van der Waals surface area contributed by atoms with Gasteiger partial charge >= 0.3 is 5.97 Å². The van der Waals surface area contributed by atoms with Crippen molar-refractivity contribution in [3.63, 3.8) is 0 Å². The normalized spacial score (nSPS) is 14.5. The van der Waals surface area contributed by atoms with Gasteiger partial charge in [0, 0.05) is 23.7 Å². The lowest BCUT2D eigenvalue weighted by Gasteiger charge is -2.24. The Hall–Kier alpha value is -3.71. The van der Waals surface area contributed by atoms with Gasteiger partial charge in [-0.15, -0.1) is 0 Å². The molecule has 3 aromatic carbocycles. The number of halogens is 1. The van der Waals surface area contributed by atoms with Crippen molar-refractivity contribution in [2.24, 2.45) is 0 Å². The second kappa shape index (κ2) is 10.5. The molecule has 1 atom stereocenters. The fraction of sp³-hybridized carbons (Fsp3) is 0.231. The van der Waals surface area contributed by atoms with E-state index in [-0.39, 0.29) is 10.9 Å². The van der Waals surface area contributed by atoms with Crippen LogP contribution in [0, 0.1) is 0 Å². The first kappa shape index (κ1) is 23.4. The first-order valence-electron chi connectivity index (χ1n) is 10.8. The summed E-state index contributed by atoms with van der Waals surface area (Å²) in [5.74, 6) is 0.317. The van der Waals surface area contributed by atoms with Crippen LogP contribution in [0.25, 0.3) is 0 Å². The summed E-state index contributed by atoms with van der Waals surface area (Å²) >= 11 is 6.34. The van der Waals surface area contributed by atoms with Crippen LogP contribution in [0.3, 0.4) is 0 Å². The van der Waals surface area contributed by atoms with Crippen molar-refractivity contribution in [3.05, 3.63) is 82.4 Å². The number of carbonyl (C=O) groups excluding carboxylic acids is 1. The number of methoxy groups -OCH3 is 1. The highest BCUT2D eigenvalue weighted by Crippen LogP contribution is 2.41. The number of hydrogen-bond acceptors (Lipinski definition) is 5. The van der Waals surface area contributed by atoms with Crippen molar-refractivity contribution in [3.8, 4) is 23.0 Å². The van der Waals surface area contributed by atoms with E-state index in [4.69, 9.17) is 25.8 Å². The number of ether oxygens (including phenoxy) is 3. The molecule has 2 N–H and O–H groups in total. The minimum absolute atomic E-state index is 0.186. The van der Waals surface area contributed by atoms with Crippen LogP contribution in [0.1, 0.15) is 33.8 Å². The number of carbonyl (C=O) groups is 2. The highest BCUT2D eigenvalue weighted by molar-refractivity contribution is 6.32. The molecule has 176 valence electrons. The molecule has 1 heterocycles. The molecule has 1 unspecified atom stereocenters. The molecule has 4 rings (SSSR count). The Labute approximate surface area is 202 Å². The summed E-state index contributed by atoms with van der Waals surface area (Å²) in [6.45, 7) is 0.805. The zero-order valence-electron chi connectivity index (χ0n) is 18.5. The molecule has 0 aliphatic carbocycles. The predicted octanol–water partition coefficient (Wildman–Crippen LogP) is 5.06. The third kappa shape index (κ3) is 5.43. The van der Waals surface area contributed by atoms with Gasteiger partial charge in [0.05, 0.1) is 24.7 Å². The van der Waals surface area contributed by atoms with Crippen molar-refractivity contribution in [1.82, 2.24) is 5.32 Å². The number of hydrogen-bond donors (Lipinski definition) is 2. The number of fused-ring (bicyclic) bond motifs is 1. The highest BCUT2D eigenvalue weighted by Gasteiger charge is 2.29. The first-order valence-corrected chi connectivity index (χ1v) is 11.2. The van der Waals surface area contributed by atoms with Crippen molar-refractivity contribution < 1.29 is 28.9 Å². The minimum atomic E-state index is -0.911. The topological polar surface area (TPSA) is 94.1 Å². The van der Waals surface area contributed by atoms with E-state index in [0.29, 0.717) is 54.4 Å². The minimum Gasteiger partial charge on any atom is -0.497 e. The number of carboxylic acid groups (broad SMARTS) is 1. The Morgan fingerprint density at radius 2 is 1.91 bits per heavy atom. The lowest BCUT2D eigenvalue weighted by atomic mass is 9.93. The van der Waals surface area contributed by atoms with Crippen LogP contribution >= 0.6 is 11.6 Å². The zero-order chi connectivity index (χ0) is 24.1. The molecule has 1 aliphatic heterocycles. The fourth-order valence-electron chi connectivity index (χ4n) is 3.78. The Morgan fingerprint density at radius 1 is 1.12 bits per heavy atom. The molecule has 1 amide bonds. The molecule has 1 aliphatic rings. The second-order valence-electron chi connectivity index (χ2n) is 7.83. The van der Waals surface area contributed by atoms with Gasteiger partial charge in [-0.3, -0.25) is 9.59 Å². The van der Waals surface area contributed by atoms with E-state index in [2.05, 4.69) is 5.32 Å². The average molecular weight is 482 g/mol. The molecule has 3 aromatic rings. The van der Waals surface area contributed by atoms with E-state index in [1.54, 1.807) is 43.5 Å². The molecule has 0 fully saturated rings. The van der Waals surface area contributed by atoms with Crippen LogP contribution < -0.4 is 19.5 Å². The van der Waals surface area contributed by atoms with Gasteiger partial charge in [-0.1, -0.05) is 23.7 Å². The van der Waals surface area contributed by atoms with Crippen LogP contribution in [0.15, 0.2) is 60.7 Å². The van der Waals surface area contributed by atoms with Crippen molar-refractivity contribution >= 4 is 23.5 Å². The lowest BCUT2D eigenvalue weighted by Crippen LogP contribution is -2.25. The fourth-order valence-corrected chi connectivity index (χ4v) is 3.99. The van der Waals surface area contributed by atoms with Crippen molar-refractivity contribution in [2.45, 2.75) is 18.8 Å². The number of benzene rings is 3.